The fourth-order valence-corrected chi connectivity index (χ4v) is 3.08. The minimum absolute atomic E-state index is 0.324. The predicted molar refractivity (Wildman–Crippen MR) is 83.6 cm³/mol. The fraction of sp³-hybridized carbons (Fsp3) is 0.933. The lowest BCUT2D eigenvalue weighted by atomic mass is 10.2. The van der Waals surface area contributed by atoms with Crippen LogP contribution in [0.5, 0.6) is 0 Å². The molecule has 0 aromatic carbocycles. The van der Waals surface area contributed by atoms with Gasteiger partial charge < -0.3 is 15.0 Å². The van der Waals surface area contributed by atoms with E-state index in [0.29, 0.717) is 32.3 Å². The van der Waals surface area contributed by atoms with Gasteiger partial charge in [-0.3, -0.25) is 9.89 Å². The third kappa shape index (κ3) is 5.24. The van der Waals surface area contributed by atoms with Crippen LogP contribution in [-0.4, -0.2) is 80.5 Å². The Labute approximate surface area is 135 Å². The SMILES string of the molecule is CN=C(NCCC1CCCO1)N1CCN(C(C)C(F)(F)F)CC1. The molecule has 2 heterocycles. The molecule has 1 N–H and O–H groups in total. The number of rotatable bonds is 4. The summed E-state index contributed by atoms with van der Waals surface area (Å²) in [7, 11) is 1.71. The summed E-state index contributed by atoms with van der Waals surface area (Å²) in [6.45, 7) is 4.75. The highest BCUT2D eigenvalue weighted by Crippen LogP contribution is 2.25. The molecule has 2 aliphatic rings. The van der Waals surface area contributed by atoms with Crippen LogP contribution in [0, 0.1) is 0 Å². The minimum Gasteiger partial charge on any atom is -0.378 e. The number of alkyl halides is 3. The van der Waals surface area contributed by atoms with Crippen molar-refractivity contribution in [1.82, 2.24) is 15.1 Å². The number of hydrogen-bond donors (Lipinski definition) is 1. The molecule has 0 saturated carbocycles. The summed E-state index contributed by atoms with van der Waals surface area (Å²) in [6.07, 6.45) is -0.675. The summed E-state index contributed by atoms with van der Waals surface area (Å²) in [6, 6.07) is -1.39. The molecule has 8 heteroatoms. The molecule has 5 nitrogen and oxygen atoms in total. The Morgan fingerprint density at radius 1 is 1.30 bits per heavy atom. The molecule has 2 unspecified atom stereocenters. The van der Waals surface area contributed by atoms with E-state index >= 15 is 0 Å². The van der Waals surface area contributed by atoms with Crippen LogP contribution < -0.4 is 5.32 Å². The number of nitrogens with one attached hydrogen (secondary N) is 1. The Morgan fingerprint density at radius 3 is 2.52 bits per heavy atom. The van der Waals surface area contributed by atoms with Crippen LogP contribution in [-0.2, 0) is 4.74 Å². The lowest BCUT2D eigenvalue weighted by molar-refractivity contribution is -0.181. The van der Waals surface area contributed by atoms with Crippen molar-refractivity contribution < 1.29 is 17.9 Å². The van der Waals surface area contributed by atoms with Crippen molar-refractivity contribution >= 4 is 5.96 Å². The van der Waals surface area contributed by atoms with E-state index in [9.17, 15) is 13.2 Å². The van der Waals surface area contributed by atoms with Crippen molar-refractivity contribution in [1.29, 1.82) is 0 Å². The highest BCUT2D eigenvalue weighted by atomic mass is 19.4. The van der Waals surface area contributed by atoms with Crippen LogP contribution in [0.2, 0.25) is 0 Å². The van der Waals surface area contributed by atoms with Crippen molar-refractivity contribution in [2.24, 2.45) is 4.99 Å². The fourth-order valence-electron chi connectivity index (χ4n) is 3.08. The van der Waals surface area contributed by atoms with Gasteiger partial charge in [0.1, 0.15) is 6.04 Å². The molecular weight excluding hydrogens is 309 g/mol. The van der Waals surface area contributed by atoms with Gasteiger partial charge in [0.15, 0.2) is 5.96 Å². The smallest absolute Gasteiger partial charge is 0.378 e. The zero-order valence-corrected chi connectivity index (χ0v) is 13.9. The zero-order valence-electron chi connectivity index (χ0n) is 13.9. The molecule has 0 aromatic rings. The summed E-state index contributed by atoms with van der Waals surface area (Å²) in [4.78, 5) is 7.75. The molecule has 0 bridgehead atoms. The predicted octanol–water partition coefficient (Wildman–Crippen LogP) is 1.70. The van der Waals surface area contributed by atoms with Crippen LogP contribution in [0.25, 0.3) is 0 Å². The molecule has 2 rings (SSSR count). The molecule has 0 radical (unpaired) electrons. The van der Waals surface area contributed by atoms with Crippen molar-refractivity contribution in [3.05, 3.63) is 0 Å². The first-order valence-corrected chi connectivity index (χ1v) is 8.29. The number of guanidine groups is 1. The van der Waals surface area contributed by atoms with Gasteiger partial charge in [0, 0.05) is 46.4 Å². The molecule has 2 atom stereocenters. The van der Waals surface area contributed by atoms with Gasteiger partial charge in [0.05, 0.1) is 6.10 Å². The second kappa shape index (κ2) is 8.19. The second-order valence-corrected chi connectivity index (χ2v) is 6.14. The standard InChI is InChI=1S/C15H27F3N4O/c1-12(15(16,17)18)21-7-9-22(10-8-21)14(19-2)20-6-5-13-4-3-11-23-13/h12-13H,3-11H2,1-2H3,(H,19,20). The largest absolute Gasteiger partial charge is 0.403 e. The molecular formula is C15H27F3N4O. The summed E-state index contributed by atoms with van der Waals surface area (Å²) in [5, 5.41) is 3.30. The Kier molecular flexibility index (Phi) is 6.52. The topological polar surface area (TPSA) is 40.1 Å². The number of piperazine rings is 1. The van der Waals surface area contributed by atoms with Crippen molar-refractivity contribution in [3.63, 3.8) is 0 Å². The zero-order chi connectivity index (χ0) is 16.9. The number of hydrogen-bond acceptors (Lipinski definition) is 3. The Hall–Kier alpha value is -1.02. The third-order valence-electron chi connectivity index (χ3n) is 4.62. The quantitative estimate of drug-likeness (QED) is 0.627. The summed E-state index contributed by atoms with van der Waals surface area (Å²) < 4.78 is 43.9. The van der Waals surface area contributed by atoms with E-state index in [-0.39, 0.29) is 0 Å². The maximum atomic E-state index is 12.8. The van der Waals surface area contributed by atoms with E-state index in [0.717, 1.165) is 38.4 Å². The van der Waals surface area contributed by atoms with Crippen LogP contribution in [0.15, 0.2) is 4.99 Å². The van der Waals surface area contributed by atoms with Gasteiger partial charge in [-0.25, -0.2) is 0 Å². The first kappa shape index (κ1) is 18.3. The molecule has 134 valence electrons. The molecule has 0 spiro atoms. The lowest BCUT2D eigenvalue weighted by Crippen LogP contribution is -2.56. The number of nitrogens with zero attached hydrogens (tertiary/aromatic N) is 3. The van der Waals surface area contributed by atoms with Crippen LogP contribution in [0.3, 0.4) is 0 Å². The van der Waals surface area contributed by atoms with Gasteiger partial charge in [-0.15, -0.1) is 0 Å². The lowest BCUT2D eigenvalue weighted by Gasteiger charge is -2.39. The molecule has 0 aromatic heterocycles. The van der Waals surface area contributed by atoms with Crippen LogP contribution in [0.4, 0.5) is 13.2 Å². The van der Waals surface area contributed by atoms with E-state index in [1.165, 1.54) is 11.8 Å². The van der Waals surface area contributed by atoms with Crippen LogP contribution in [0.1, 0.15) is 26.2 Å². The minimum atomic E-state index is -4.16. The summed E-state index contributed by atoms with van der Waals surface area (Å²) >= 11 is 0. The highest BCUT2D eigenvalue weighted by molar-refractivity contribution is 5.79. The molecule has 2 aliphatic heterocycles. The Bertz CT molecular complexity index is 389. The molecule has 0 aliphatic carbocycles. The van der Waals surface area contributed by atoms with Gasteiger partial charge in [-0.2, -0.15) is 13.2 Å². The van der Waals surface area contributed by atoms with Gasteiger partial charge in [0.25, 0.3) is 0 Å². The number of halogens is 3. The molecule has 0 amide bonds. The van der Waals surface area contributed by atoms with Crippen molar-refractivity contribution in [3.8, 4) is 0 Å². The Balaban J connectivity index is 1.73. The maximum absolute atomic E-state index is 12.8. The van der Waals surface area contributed by atoms with E-state index in [4.69, 9.17) is 4.74 Å². The number of ether oxygens (including phenoxy) is 1. The maximum Gasteiger partial charge on any atom is 0.403 e. The highest BCUT2D eigenvalue weighted by Gasteiger charge is 2.41. The van der Waals surface area contributed by atoms with E-state index < -0.39 is 12.2 Å². The Morgan fingerprint density at radius 2 is 2.00 bits per heavy atom. The van der Waals surface area contributed by atoms with Crippen LogP contribution >= 0.6 is 0 Å². The second-order valence-electron chi connectivity index (χ2n) is 6.14. The van der Waals surface area contributed by atoms with E-state index in [1.807, 2.05) is 4.90 Å². The first-order valence-electron chi connectivity index (χ1n) is 8.29. The first-order chi connectivity index (χ1) is 10.9. The van der Waals surface area contributed by atoms with Gasteiger partial charge in [0.2, 0.25) is 0 Å². The van der Waals surface area contributed by atoms with Crippen molar-refractivity contribution in [2.45, 2.75) is 44.5 Å². The number of aliphatic imine (C=N–C) groups is 1. The van der Waals surface area contributed by atoms with Gasteiger partial charge >= 0.3 is 6.18 Å². The molecule has 2 fully saturated rings. The van der Waals surface area contributed by atoms with E-state index in [2.05, 4.69) is 10.3 Å². The van der Waals surface area contributed by atoms with Gasteiger partial charge in [-0.1, -0.05) is 0 Å². The summed E-state index contributed by atoms with van der Waals surface area (Å²) in [5.41, 5.74) is 0. The monoisotopic (exact) mass is 336 g/mol. The normalized spacial score (nSPS) is 25.7. The molecule has 2 saturated heterocycles. The molecule has 23 heavy (non-hydrogen) atoms. The van der Waals surface area contributed by atoms with E-state index in [1.54, 1.807) is 7.05 Å². The average Bonchev–Trinajstić information content (AvgIpc) is 3.03. The third-order valence-corrected chi connectivity index (χ3v) is 4.62. The average molecular weight is 336 g/mol. The van der Waals surface area contributed by atoms with Gasteiger partial charge in [-0.05, 0) is 26.2 Å². The van der Waals surface area contributed by atoms with Crippen molar-refractivity contribution in [2.75, 3.05) is 46.4 Å². The summed E-state index contributed by atoms with van der Waals surface area (Å²) in [5.74, 6) is 0.766.